The van der Waals surface area contributed by atoms with Gasteiger partial charge in [0.25, 0.3) is 0 Å². The highest BCUT2D eigenvalue weighted by molar-refractivity contribution is 14.0. The summed E-state index contributed by atoms with van der Waals surface area (Å²) in [5, 5.41) is 7.78. The summed E-state index contributed by atoms with van der Waals surface area (Å²) < 4.78 is 16.6. The number of nitrogens with one attached hydrogen (secondary N) is 2. The van der Waals surface area contributed by atoms with Crippen molar-refractivity contribution in [2.24, 2.45) is 4.99 Å². The molecular formula is C22H28IN3O3. The van der Waals surface area contributed by atoms with Crippen molar-refractivity contribution in [3.63, 3.8) is 0 Å². The van der Waals surface area contributed by atoms with Crippen LogP contribution in [0.5, 0.6) is 5.75 Å². The fourth-order valence-corrected chi connectivity index (χ4v) is 2.95. The van der Waals surface area contributed by atoms with Gasteiger partial charge in [0.1, 0.15) is 23.7 Å². The molecule has 1 aromatic heterocycles. The highest BCUT2D eigenvalue weighted by Gasteiger charge is 2.10. The van der Waals surface area contributed by atoms with Crippen molar-refractivity contribution < 1.29 is 13.9 Å². The number of hydrogen-bond acceptors (Lipinski definition) is 4. The van der Waals surface area contributed by atoms with Gasteiger partial charge in [-0.1, -0.05) is 30.3 Å². The largest absolute Gasteiger partial charge is 0.491 e. The maximum Gasteiger partial charge on any atom is 0.191 e. The molecular weight excluding hydrogens is 481 g/mol. The summed E-state index contributed by atoms with van der Waals surface area (Å²) in [6.07, 6.45) is 0. The Hall–Kier alpha value is -2.26. The monoisotopic (exact) mass is 509 g/mol. The van der Waals surface area contributed by atoms with Crippen molar-refractivity contribution in [1.82, 2.24) is 10.6 Å². The van der Waals surface area contributed by atoms with Crippen LogP contribution in [0.25, 0.3) is 11.0 Å². The first-order valence-electron chi connectivity index (χ1n) is 9.33. The SMILES string of the molecule is CN=C(NCc1cccc(OCCOC)c1)NCc1oc2ccccc2c1C.I. The molecule has 0 aliphatic heterocycles. The number of rotatable bonds is 8. The number of aryl methyl sites for hydroxylation is 1. The van der Waals surface area contributed by atoms with Gasteiger partial charge in [0.2, 0.25) is 0 Å². The van der Waals surface area contributed by atoms with Crippen LogP contribution in [0.1, 0.15) is 16.9 Å². The number of methoxy groups -OCH3 is 1. The van der Waals surface area contributed by atoms with Gasteiger partial charge in [-0.25, -0.2) is 0 Å². The van der Waals surface area contributed by atoms with E-state index in [1.807, 2.05) is 42.5 Å². The second-order valence-electron chi connectivity index (χ2n) is 6.41. The van der Waals surface area contributed by atoms with Gasteiger partial charge in [0, 0.05) is 31.7 Å². The Morgan fingerprint density at radius 1 is 1.03 bits per heavy atom. The van der Waals surface area contributed by atoms with Crippen LogP contribution in [-0.2, 0) is 17.8 Å². The number of ether oxygens (including phenoxy) is 2. The van der Waals surface area contributed by atoms with E-state index in [-0.39, 0.29) is 24.0 Å². The Kier molecular flexibility index (Phi) is 9.27. The van der Waals surface area contributed by atoms with Gasteiger partial charge in [-0.15, -0.1) is 24.0 Å². The maximum absolute atomic E-state index is 5.95. The molecule has 0 radical (unpaired) electrons. The molecule has 3 aromatic rings. The van der Waals surface area contributed by atoms with Crippen molar-refractivity contribution in [2.75, 3.05) is 27.4 Å². The number of para-hydroxylation sites is 1. The average Bonchev–Trinajstić information content (AvgIpc) is 3.05. The zero-order chi connectivity index (χ0) is 19.8. The van der Waals surface area contributed by atoms with E-state index in [2.05, 4.69) is 28.6 Å². The van der Waals surface area contributed by atoms with E-state index in [9.17, 15) is 0 Å². The summed E-state index contributed by atoms with van der Waals surface area (Å²) in [5.74, 6) is 2.46. The van der Waals surface area contributed by atoms with Crippen LogP contribution in [0.15, 0.2) is 57.9 Å². The molecule has 7 heteroatoms. The number of guanidine groups is 1. The smallest absolute Gasteiger partial charge is 0.191 e. The first-order chi connectivity index (χ1) is 13.7. The van der Waals surface area contributed by atoms with E-state index >= 15 is 0 Å². The Labute approximate surface area is 188 Å². The molecule has 0 bridgehead atoms. The van der Waals surface area contributed by atoms with Gasteiger partial charge in [0.05, 0.1) is 13.2 Å². The predicted molar refractivity (Wildman–Crippen MR) is 127 cm³/mol. The molecule has 0 fully saturated rings. The lowest BCUT2D eigenvalue weighted by molar-refractivity contribution is 0.146. The molecule has 0 aliphatic rings. The summed E-state index contributed by atoms with van der Waals surface area (Å²) in [7, 11) is 3.42. The van der Waals surface area contributed by atoms with Crippen LogP contribution < -0.4 is 15.4 Å². The fourth-order valence-electron chi connectivity index (χ4n) is 2.95. The normalized spacial score (nSPS) is 11.2. The van der Waals surface area contributed by atoms with E-state index in [1.54, 1.807) is 14.2 Å². The summed E-state index contributed by atoms with van der Waals surface area (Å²) in [5.41, 5.74) is 3.17. The molecule has 2 aromatic carbocycles. The van der Waals surface area contributed by atoms with Crippen LogP contribution in [0, 0.1) is 6.92 Å². The molecule has 0 saturated carbocycles. The zero-order valence-corrected chi connectivity index (χ0v) is 19.4. The Balaban J connectivity index is 0.00000300. The van der Waals surface area contributed by atoms with Crippen molar-refractivity contribution in [1.29, 1.82) is 0 Å². The third-order valence-corrected chi connectivity index (χ3v) is 4.50. The summed E-state index contributed by atoms with van der Waals surface area (Å²) in [6, 6.07) is 16.1. The van der Waals surface area contributed by atoms with Crippen molar-refractivity contribution >= 4 is 40.9 Å². The molecule has 0 unspecified atom stereocenters. The molecule has 0 spiro atoms. The Bertz CT molecular complexity index is 940. The highest BCUT2D eigenvalue weighted by Crippen LogP contribution is 2.24. The van der Waals surface area contributed by atoms with E-state index in [4.69, 9.17) is 13.9 Å². The Morgan fingerprint density at radius 3 is 2.59 bits per heavy atom. The molecule has 0 atom stereocenters. The number of fused-ring (bicyclic) bond motifs is 1. The van der Waals surface area contributed by atoms with E-state index in [0.717, 1.165) is 33.6 Å². The number of aliphatic imine (C=N–C) groups is 1. The van der Waals surface area contributed by atoms with Crippen molar-refractivity contribution in [2.45, 2.75) is 20.0 Å². The van der Waals surface area contributed by atoms with Gasteiger partial charge >= 0.3 is 0 Å². The van der Waals surface area contributed by atoms with Crippen molar-refractivity contribution in [3.05, 3.63) is 65.4 Å². The molecule has 1 heterocycles. The highest BCUT2D eigenvalue weighted by atomic mass is 127. The minimum absolute atomic E-state index is 0. The van der Waals surface area contributed by atoms with Crippen LogP contribution in [-0.4, -0.2) is 33.3 Å². The van der Waals surface area contributed by atoms with Crippen LogP contribution >= 0.6 is 24.0 Å². The minimum atomic E-state index is 0. The zero-order valence-electron chi connectivity index (χ0n) is 17.0. The number of halogens is 1. The summed E-state index contributed by atoms with van der Waals surface area (Å²) in [4.78, 5) is 4.29. The van der Waals surface area contributed by atoms with Gasteiger partial charge < -0.3 is 24.5 Å². The average molecular weight is 509 g/mol. The van der Waals surface area contributed by atoms with Crippen LogP contribution in [0.4, 0.5) is 0 Å². The third kappa shape index (κ3) is 6.37. The molecule has 3 rings (SSSR count). The molecule has 0 amide bonds. The first kappa shape index (κ1) is 23.0. The van der Waals surface area contributed by atoms with Crippen LogP contribution in [0.3, 0.4) is 0 Å². The molecule has 0 saturated heterocycles. The van der Waals surface area contributed by atoms with E-state index < -0.39 is 0 Å². The molecule has 29 heavy (non-hydrogen) atoms. The lowest BCUT2D eigenvalue weighted by atomic mass is 10.1. The van der Waals surface area contributed by atoms with E-state index in [0.29, 0.717) is 32.3 Å². The fraction of sp³-hybridized carbons (Fsp3) is 0.318. The number of furan rings is 1. The van der Waals surface area contributed by atoms with Gasteiger partial charge in [-0.3, -0.25) is 4.99 Å². The van der Waals surface area contributed by atoms with Gasteiger partial charge in [-0.05, 0) is 30.7 Å². The van der Waals surface area contributed by atoms with Gasteiger partial charge in [-0.2, -0.15) is 0 Å². The number of nitrogens with zero attached hydrogens (tertiary/aromatic N) is 1. The quantitative estimate of drug-likeness (QED) is 0.206. The third-order valence-electron chi connectivity index (χ3n) is 4.50. The second kappa shape index (κ2) is 11.7. The lowest BCUT2D eigenvalue weighted by Gasteiger charge is -2.12. The van der Waals surface area contributed by atoms with Crippen LogP contribution in [0.2, 0.25) is 0 Å². The Morgan fingerprint density at radius 2 is 1.83 bits per heavy atom. The predicted octanol–water partition coefficient (Wildman–Crippen LogP) is 4.25. The number of hydrogen-bond donors (Lipinski definition) is 2. The molecule has 156 valence electrons. The second-order valence-corrected chi connectivity index (χ2v) is 6.41. The van der Waals surface area contributed by atoms with Gasteiger partial charge in [0.15, 0.2) is 5.96 Å². The molecule has 6 nitrogen and oxygen atoms in total. The first-order valence-corrected chi connectivity index (χ1v) is 9.33. The minimum Gasteiger partial charge on any atom is -0.491 e. The lowest BCUT2D eigenvalue weighted by Crippen LogP contribution is -2.36. The summed E-state index contributed by atoms with van der Waals surface area (Å²) in [6.45, 7) is 4.39. The standard InChI is InChI=1S/C22H27N3O3.HI/c1-16-19-9-4-5-10-20(19)28-21(16)15-25-22(23-2)24-14-17-7-6-8-18(13-17)27-12-11-26-3;/h4-10,13H,11-12,14-15H2,1-3H3,(H2,23,24,25);1H. The number of benzene rings is 2. The topological polar surface area (TPSA) is 68.0 Å². The maximum atomic E-state index is 5.95. The van der Waals surface area contributed by atoms with E-state index in [1.165, 1.54) is 0 Å². The molecule has 0 aliphatic carbocycles. The van der Waals surface area contributed by atoms with Crippen molar-refractivity contribution in [3.8, 4) is 5.75 Å². The summed E-state index contributed by atoms with van der Waals surface area (Å²) >= 11 is 0. The molecule has 2 N–H and O–H groups in total.